The number of nitrogens with zero attached hydrogens (tertiary/aromatic N) is 1. The largest absolute Gasteiger partial charge is 0.492 e. The number of aromatic amines is 1. The Hall–Kier alpha value is -0.990. The fourth-order valence-electron chi connectivity index (χ4n) is 2.88. The maximum absolute atomic E-state index is 9.75. The van der Waals surface area contributed by atoms with Gasteiger partial charge < -0.3 is 10.1 Å². The zero-order chi connectivity index (χ0) is 12.3. The van der Waals surface area contributed by atoms with Gasteiger partial charge in [0.05, 0.1) is 5.69 Å². The highest BCUT2D eigenvalue weighted by Crippen LogP contribution is 2.36. The number of aryl methyl sites for hydroxylation is 1. The molecule has 0 radical (unpaired) electrons. The summed E-state index contributed by atoms with van der Waals surface area (Å²) < 4.78 is 0. The molecule has 0 atom stereocenters. The first-order valence-electron chi connectivity index (χ1n) is 7.02. The number of nitrogens with one attached hydrogen (secondary N) is 1. The van der Waals surface area contributed by atoms with E-state index in [1.165, 1.54) is 32.1 Å². The van der Waals surface area contributed by atoms with Crippen molar-refractivity contribution < 1.29 is 5.11 Å². The van der Waals surface area contributed by atoms with Crippen LogP contribution in [0.2, 0.25) is 0 Å². The molecule has 3 heteroatoms. The number of aromatic nitrogens is 2. The van der Waals surface area contributed by atoms with Crippen LogP contribution in [0.3, 0.4) is 0 Å². The third-order valence-electron chi connectivity index (χ3n) is 4.09. The van der Waals surface area contributed by atoms with Crippen LogP contribution in [0.1, 0.15) is 69.8 Å². The van der Waals surface area contributed by atoms with Crippen LogP contribution in [0.15, 0.2) is 0 Å². The van der Waals surface area contributed by atoms with Gasteiger partial charge >= 0.3 is 0 Å². The Labute approximate surface area is 104 Å². The number of hydrogen-bond acceptors (Lipinski definition) is 2. The zero-order valence-corrected chi connectivity index (χ0v) is 11.0. The lowest BCUT2D eigenvalue weighted by Crippen LogP contribution is -2.13. The summed E-state index contributed by atoms with van der Waals surface area (Å²) in [5, 5.41) is 9.75. The fraction of sp³-hybridized carbons (Fsp3) is 0.786. The van der Waals surface area contributed by atoms with Crippen molar-refractivity contribution in [2.24, 2.45) is 5.92 Å². The van der Waals surface area contributed by atoms with E-state index in [0.29, 0.717) is 5.92 Å². The molecule has 3 nitrogen and oxygen atoms in total. The number of imidazole rings is 1. The molecule has 0 aliphatic heterocycles. The highest BCUT2D eigenvalue weighted by molar-refractivity contribution is 5.21. The van der Waals surface area contributed by atoms with E-state index in [1.807, 2.05) is 0 Å². The summed E-state index contributed by atoms with van der Waals surface area (Å²) in [7, 11) is 0. The summed E-state index contributed by atoms with van der Waals surface area (Å²) in [6.07, 6.45) is 8.30. The molecule has 0 spiro atoms. The molecule has 0 bridgehead atoms. The quantitative estimate of drug-likeness (QED) is 0.836. The van der Waals surface area contributed by atoms with Crippen LogP contribution in [0.4, 0.5) is 0 Å². The van der Waals surface area contributed by atoms with Crippen LogP contribution in [0.5, 0.6) is 5.88 Å². The Morgan fingerprint density at radius 3 is 2.53 bits per heavy atom. The second-order valence-corrected chi connectivity index (χ2v) is 5.30. The van der Waals surface area contributed by atoms with Gasteiger partial charge in [0.2, 0.25) is 5.88 Å². The maximum Gasteiger partial charge on any atom is 0.232 e. The molecule has 0 amide bonds. The molecule has 1 heterocycles. The summed E-state index contributed by atoms with van der Waals surface area (Å²) in [6, 6.07) is 0. The van der Waals surface area contributed by atoms with Crippen molar-refractivity contribution in [1.29, 1.82) is 0 Å². The second-order valence-electron chi connectivity index (χ2n) is 5.30. The van der Waals surface area contributed by atoms with Crippen LogP contribution in [-0.2, 0) is 6.42 Å². The van der Waals surface area contributed by atoms with Crippen LogP contribution >= 0.6 is 0 Å². The summed E-state index contributed by atoms with van der Waals surface area (Å²) in [5.41, 5.74) is 0.917. The van der Waals surface area contributed by atoms with Gasteiger partial charge in [-0.05, 0) is 38.0 Å². The molecule has 2 rings (SSSR count). The molecule has 1 aliphatic rings. The first kappa shape index (κ1) is 12.5. The van der Waals surface area contributed by atoms with E-state index < -0.39 is 0 Å². The van der Waals surface area contributed by atoms with Crippen molar-refractivity contribution in [3.63, 3.8) is 0 Å². The smallest absolute Gasteiger partial charge is 0.232 e. The molecule has 0 unspecified atom stereocenters. The molecule has 1 aromatic rings. The van der Waals surface area contributed by atoms with Gasteiger partial charge in [-0.2, -0.15) is 4.98 Å². The van der Waals surface area contributed by atoms with Crippen LogP contribution in [-0.4, -0.2) is 15.1 Å². The van der Waals surface area contributed by atoms with Crippen LogP contribution in [0.25, 0.3) is 0 Å². The van der Waals surface area contributed by atoms with Gasteiger partial charge in [0.15, 0.2) is 0 Å². The number of hydrogen-bond donors (Lipinski definition) is 2. The minimum absolute atomic E-state index is 0.222. The fourth-order valence-corrected chi connectivity index (χ4v) is 2.88. The summed E-state index contributed by atoms with van der Waals surface area (Å²) in [5.74, 6) is 2.68. The lowest BCUT2D eigenvalue weighted by atomic mass is 9.80. The van der Waals surface area contributed by atoms with Gasteiger partial charge in [-0.1, -0.05) is 26.7 Å². The average molecular weight is 236 g/mol. The topological polar surface area (TPSA) is 48.9 Å². The number of aromatic hydroxyl groups is 1. The van der Waals surface area contributed by atoms with Gasteiger partial charge in [-0.25, -0.2) is 0 Å². The normalized spacial score (nSPS) is 25.1. The van der Waals surface area contributed by atoms with E-state index in [1.54, 1.807) is 0 Å². The highest BCUT2D eigenvalue weighted by Gasteiger charge is 2.24. The van der Waals surface area contributed by atoms with Crippen molar-refractivity contribution in [3.8, 4) is 5.88 Å². The highest BCUT2D eigenvalue weighted by atomic mass is 16.3. The van der Waals surface area contributed by atoms with Gasteiger partial charge in [-0.3, -0.25) is 0 Å². The molecular formula is C14H24N2O. The third kappa shape index (κ3) is 2.82. The SMILES string of the molecule is CCCc1[nH]c(C2CCC(CC)CC2)nc1O. The Bertz CT molecular complexity index is 351. The molecule has 96 valence electrons. The zero-order valence-electron chi connectivity index (χ0n) is 11.0. The van der Waals surface area contributed by atoms with E-state index in [9.17, 15) is 5.11 Å². The van der Waals surface area contributed by atoms with Gasteiger partial charge in [0.25, 0.3) is 0 Å². The van der Waals surface area contributed by atoms with Crippen molar-refractivity contribution in [2.75, 3.05) is 0 Å². The monoisotopic (exact) mass is 236 g/mol. The Morgan fingerprint density at radius 2 is 1.94 bits per heavy atom. The molecule has 1 aliphatic carbocycles. The van der Waals surface area contributed by atoms with E-state index in [4.69, 9.17) is 0 Å². The van der Waals surface area contributed by atoms with E-state index in [-0.39, 0.29) is 5.88 Å². The van der Waals surface area contributed by atoms with E-state index in [2.05, 4.69) is 23.8 Å². The van der Waals surface area contributed by atoms with Crippen molar-refractivity contribution >= 4 is 0 Å². The van der Waals surface area contributed by atoms with E-state index >= 15 is 0 Å². The summed E-state index contributed by atoms with van der Waals surface area (Å²) in [4.78, 5) is 7.63. The first-order valence-corrected chi connectivity index (χ1v) is 7.02. The van der Waals surface area contributed by atoms with Gasteiger partial charge in [-0.15, -0.1) is 0 Å². The predicted molar refractivity (Wildman–Crippen MR) is 69.2 cm³/mol. The molecule has 17 heavy (non-hydrogen) atoms. The average Bonchev–Trinajstić information content (AvgIpc) is 2.72. The standard InChI is InChI=1S/C14H24N2O/c1-3-5-12-14(17)16-13(15-12)11-8-6-10(4-2)7-9-11/h10-11,17H,3-9H2,1-2H3,(H,15,16). The van der Waals surface area contributed by atoms with Gasteiger partial charge in [0.1, 0.15) is 5.82 Å². The molecule has 1 saturated carbocycles. The van der Waals surface area contributed by atoms with Gasteiger partial charge in [0, 0.05) is 5.92 Å². The number of rotatable bonds is 4. The Kier molecular flexibility index (Phi) is 4.08. The summed E-state index contributed by atoms with van der Waals surface area (Å²) >= 11 is 0. The lowest BCUT2D eigenvalue weighted by molar-refractivity contribution is 0.312. The second kappa shape index (κ2) is 5.56. The molecule has 0 aromatic carbocycles. The molecular weight excluding hydrogens is 212 g/mol. The van der Waals surface area contributed by atoms with Crippen molar-refractivity contribution in [3.05, 3.63) is 11.5 Å². The van der Waals surface area contributed by atoms with Crippen molar-refractivity contribution in [2.45, 2.75) is 64.7 Å². The minimum atomic E-state index is 0.222. The third-order valence-corrected chi connectivity index (χ3v) is 4.09. The van der Waals surface area contributed by atoms with Crippen LogP contribution < -0.4 is 0 Å². The maximum atomic E-state index is 9.75. The molecule has 0 saturated heterocycles. The molecule has 1 fully saturated rings. The summed E-state index contributed by atoms with van der Waals surface area (Å²) in [6.45, 7) is 4.40. The van der Waals surface area contributed by atoms with Crippen LogP contribution in [0, 0.1) is 5.92 Å². The molecule has 2 N–H and O–H groups in total. The first-order chi connectivity index (χ1) is 8.24. The Balaban J connectivity index is 2.00. The lowest BCUT2D eigenvalue weighted by Gasteiger charge is -2.26. The molecule has 1 aromatic heterocycles. The Morgan fingerprint density at radius 1 is 1.24 bits per heavy atom. The van der Waals surface area contributed by atoms with E-state index in [0.717, 1.165) is 30.3 Å². The van der Waals surface area contributed by atoms with Crippen molar-refractivity contribution in [1.82, 2.24) is 9.97 Å². The predicted octanol–water partition coefficient (Wildman–Crippen LogP) is 3.75. The number of H-pyrrole nitrogens is 1. The minimum Gasteiger partial charge on any atom is -0.492 e.